The van der Waals surface area contributed by atoms with E-state index in [0.29, 0.717) is 28.0 Å². The molecule has 3 N–H and O–H groups in total. The summed E-state index contributed by atoms with van der Waals surface area (Å²) in [5, 5.41) is 0. The Morgan fingerprint density at radius 3 is 2.56 bits per heavy atom. The van der Waals surface area contributed by atoms with Crippen LogP contribution in [0.1, 0.15) is 29.0 Å². The number of sulfonamides is 1. The first-order valence-corrected chi connectivity index (χ1v) is 12.0. The number of methoxy groups -OCH3 is 1. The van der Waals surface area contributed by atoms with Crippen LogP contribution in [0.4, 0.5) is 4.39 Å². The molecule has 0 unspecified atom stereocenters. The molecule has 1 saturated carbocycles. The number of benzene rings is 2. The summed E-state index contributed by atoms with van der Waals surface area (Å²) >= 11 is 0. The van der Waals surface area contributed by atoms with E-state index in [-0.39, 0.29) is 42.0 Å². The van der Waals surface area contributed by atoms with Gasteiger partial charge in [0.05, 0.1) is 35.1 Å². The summed E-state index contributed by atoms with van der Waals surface area (Å²) in [7, 11) is -2.30. The molecule has 0 aliphatic heterocycles. The monoisotopic (exact) mass is 508 g/mol. The Bertz CT molecular complexity index is 1350. The number of nitrogens with two attached hydrogens (primary N) is 1. The third-order valence-corrected chi connectivity index (χ3v) is 7.03. The van der Waals surface area contributed by atoms with Gasteiger partial charge in [0.15, 0.2) is 0 Å². The lowest BCUT2D eigenvalue weighted by molar-refractivity contribution is 0.0601. The molecule has 2 aromatic carbocycles. The Balaban J connectivity index is 0.00000324. The quantitative estimate of drug-likeness (QED) is 0.450. The first-order chi connectivity index (χ1) is 15.7. The normalized spacial score (nSPS) is 14.2. The Labute approximate surface area is 203 Å². The molecule has 4 rings (SSSR count). The van der Waals surface area contributed by atoms with Gasteiger partial charge in [-0.1, -0.05) is 12.1 Å². The average Bonchev–Trinajstić information content (AvgIpc) is 3.54. The number of rotatable bonds is 8. The molecule has 182 valence electrons. The fourth-order valence-electron chi connectivity index (χ4n) is 3.64. The number of aromatic nitrogens is 2. The number of esters is 1. The van der Waals surface area contributed by atoms with Gasteiger partial charge in [-0.05, 0) is 55.7 Å². The van der Waals surface area contributed by atoms with Gasteiger partial charge in [-0.25, -0.2) is 27.3 Å². The lowest BCUT2D eigenvalue weighted by Crippen LogP contribution is -2.25. The van der Waals surface area contributed by atoms with Gasteiger partial charge in [-0.3, -0.25) is 0 Å². The third-order valence-electron chi connectivity index (χ3n) is 5.49. The number of nitrogens with one attached hydrogen (secondary N) is 1. The Morgan fingerprint density at radius 2 is 1.97 bits per heavy atom. The van der Waals surface area contributed by atoms with E-state index in [2.05, 4.69) is 9.71 Å². The molecule has 1 heterocycles. The van der Waals surface area contributed by atoms with E-state index >= 15 is 0 Å². The van der Waals surface area contributed by atoms with Crippen LogP contribution in [0.25, 0.3) is 22.2 Å². The van der Waals surface area contributed by atoms with Gasteiger partial charge in [0, 0.05) is 18.2 Å². The summed E-state index contributed by atoms with van der Waals surface area (Å²) in [5.74, 6) is -0.404. The van der Waals surface area contributed by atoms with Crippen molar-refractivity contribution in [1.29, 1.82) is 0 Å². The van der Waals surface area contributed by atoms with Crippen LogP contribution in [0.3, 0.4) is 0 Å². The van der Waals surface area contributed by atoms with Crippen LogP contribution in [-0.2, 0) is 21.3 Å². The minimum atomic E-state index is -3.59. The van der Waals surface area contributed by atoms with Crippen molar-refractivity contribution in [3.05, 3.63) is 59.7 Å². The number of carbonyl (C=O) groups excluding carboxylic acids is 1. The Morgan fingerprint density at radius 1 is 1.29 bits per heavy atom. The summed E-state index contributed by atoms with van der Waals surface area (Å²) in [6, 6.07) is 9.63. The molecule has 1 aromatic heterocycles. The number of ether oxygens (including phenoxy) is 1. The predicted molar refractivity (Wildman–Crippen MR) is 130 cm³/mol. The van der Waals surface area contributed by atoms with Gasteiger partial charge in [-0.2, -0.15) is 0 Å². The summed E-state index contributed by atoms with van der Waals surface area (Å²) in [4.78, 5) is 17.1. The number of imidazole rings is 1. The minimum absolute atomic E-state index is 0. The third kappa shape index (κ3) is 5.30. The number of nitrogens with zero attached hydrogens (tertiary/aromatic N) is 2. The SMILES string of the molecule is COC(=O)c1cc(-c2ccc(S(=O)(=O)NC3CC3)cc2)c2nc(C)n(C/C(F)=C/CN)c2c1.Cl. The standard InChI is InChI=1S/C23H25FN4O4S.ClH/c1-14-26-22-20(15-3-7-19(8-4-15)33(30,31)27-18-5-6-18)11-16(23(29)32-2)12-21(22)28(14)13-17(24)9-10-25;/h3-4,7-9,11-12,18,27H,5-6,10,13,25H2,1-2H3;1H/b17-9-;. The zero-order valence-electron chi connectivity index (χ0n) is 18.7. The number of allylic oxidation sites excluding steroid dienone is 1. The zero-order valence-corrected chi connectivity index (χ0v) is 20.4. The highest BCUT2D eigenvalue weighted by Crippen LogP contribution is 2.32. The second-order valence-corrected chi connectivity index (χ2v) is 9.65. The van der Waals surface area contributed by atoms with Crippen molar-refractivity contribution in [2.45, 2.75) is 37.2 Å². The van der Waals surface area contributed by atoms with Crippen molar-refractivity contribution >= 4 is 39.4 Å². The molecular weight excluding hydrogens is 483 g/mol. The molecule has 3 aromatic rings. The number of fused-ring (bicyclic) bond motifs is 1. The first kappa shape index (κ1) is 25.8. The highest BCUT2D eigenvalue weighted by atomic mass is 35.5. The van der Waals surface area contributed by atoms with E-state index in [1.807, 2.05) is 0 Å². The maximum atomic E-state index is 14.3. The van der Waals surface area contributed by atoms with Crippen LogP contribution in [0, 0.1) is 6.92 Å². The van der Waals surface area contributed by atoms with Gasteiger partial charge in [0.2, 0.25) is 10.0 Å². The lowest BCUT2D eigenvalue weighted by Gasteiger charge is -2.10. The Kier molecular flexibility index (Phi) is 7.77. The van der Waals surface area contributed by atoms with Crippen molar-refractivity contribution in [3.8, 4) is 11.1 Å². The van der Waals surface area contributed by atoms with Gasteiger partial charge in [0.1, 0.15) is 11.7 Å². The summed E-state index contributed by atoms with van der Waals surface area (Å²) in [6.45, 7) is 1.74. The molecule has 1 aliphatic carbocycles. The molecule has 0 amide bonds. The predicted octanol–water partition coefficient (Wildman–Crippen LogP) is 3.47. The summed E-state index contributed by atoms with van der Waals surface area (Å²) in [6.07, 6.45) is 2.97. The molecule has 1 fully saturated rings. The maximum absolute atomic E-state index is 14.3. The molecular formula is C23H26ClFN4O4S. The van der Waals surface area contributed by atoms with Crippen LogP contribution < -0.4 is 10.5 Å². The van der Waals surface area contributed by atoms with Crippen LogP contribution in [0.2, 0.25) is 0 Å². The van der Waals surface area contributed by atoms with Crippen molar-refractivity contribution in [2.75, 3.05) is 13.7 Å². The zero-order chi connectivity index (χ0) is 23.8. The smallest absolute Gasteiger partial charge is 0.337 e. The van der Waals surface area contributed by atoms with Gasteiger partial charge >= 0.3 is 5.97 Å². The van der Waals surface area contributed by atoms with E-state index in [9.17, 15) is 17.6 Å². The highest BCUT2D eigenvalue weighted by molar-refractivity contribution is 7.89. The average molecular weight is 509 g/mol. The van der Waals surface area contributed by atoms with Crippen LogP contribution >= 0.6 is 12.4 Å². The van der Waals surface area contributed by atoms with Crippen molar-refractivity contribution in [3.63, 3.8) is 0 Å². The summed E-state index contributed by atoms with van der Waals surface area (Å²) < 4.78 is 48.4. The molecule has 0 atom stereocenters. The summed E-state index contributed by atoms with van der Waals surface area (Å²) in [5.41, 5.74) is 8.08. The number of hydrogen-bond acceptors (Lipinski definition) is 6. The highest BCUT2D eigenvalue weighted by Gasteiger charge is 2.28. The van der Waals surface area contributed by atoms with E-state index in [1.54, 1.807) is 35.8 Å². The molecule has 0 bridgehead atoms. The van der Waals surface area contributed by atoms with Crippen LogP contribution in [0.15, 0.2) is 53.2 Å². The van der Waals surface area contributed by atoms with E-state index < -0.39 is 21.8 Å². The van der Waals surface area contributed by atoms with Crippen LogP contribution in [0.5, 0.6) is 0 Å². The topological polar surface area (TPSA) is 116 Å². The van der Waals surface area contributed by atoms with E-state index in [4.69, 9.17) is 10.5 Å². The molecule has 1 aliphatic rings. The second-order valence-electron chi connectivity index (χ2n) is 7.93. The van der Waals surface area contributed by atoms with E-state index in [0.717, 1.165) is 12.8 Å². The van der Waals surface area contributed by atoms with Crippen molar-refractivity contribution in [2.24, 2.45) is 5.73 Å². The molecule has 11 heteroatoms. The lowest BCUT2D eigenvalue weighted by atomic mass is 10.0. The molecule has 0 saturated heterocycles. The van der Waals surface area contributed by atoms with Gasteiger partial charge in [-0.15, -0.1) is 12.4 Å². The fourth-order valence-corrected chi connectivity index (χ4v) is 4.94. The van der Waals surface area contributed by atoms with Crippen LogP contribution in [-0.4, -0.2) is 43.6 Å². The fraction of sp³-hybridized carbons (Fsp3) is 0.304. The number of hydrogen-bond donors (Lipinski definition) is 2. The van der Waals surface area contributed by atoms with Gasteiger partial charge < -0.3 is 15.0 Å². The molecule has 0 radical (unpaired) electrons. The maximum Gasteiger partial charge on any atom is 0.337 e. The number of aryl methyl sites for hydroxylation is 1. The number of halogens is 2. The minimum Gasteiger partial charge on any atom is -0.465 e. The van der Waals surface area contributed by atoms with E-state index in [1.165, 1.54) is 25.3 Å². The van der Waals surface area contributed by atoms with Crippen molar-refractivity contribution in [1.82, 2.24) is 14.3 Å². The molecule has 0 spiro atoms. The second kappa shape index (κ2) is 10.2. The largest absolute Gasteiger partial charge is 0.465 e. The number of carbonyl (C=O) groups is 1. The molecule has 8 nitrogen and oxygen atoms in total. The van der Waals surface area contributed by atoms with Gasteiger partial charge in [0.25, 0.3) is 0 Å². The van der Waals surface area contributed by atoms with Crippen molar-refractivity contribution < 1.29 is 22.3 Å². The Hall–Kier alpha value is -2.79. The first-order valence-electron chi connectivity index (χ1n) is 10.5. The molecule has 34 heavy (non-hydrogen) atoms.